The van der Waals surface area contributed by atoms with E-state index >= 15 is 0 Å². The fourth-order valence-corrected chi connectivity index (χ4v) is 4.10. The molecule has 6 nitrogen and oxygen atoms in total. The Kier molecular flexibility index (Phi) is 7.99. The van der Waals surface area contributed by atoms with Crippen LogP contribution >= 0.6 is 11.6 Å². The average molecular weight is 453 g/mol. The summed E-state index contributed by atoms with van der Waals surface area (Å²) in [6, 6.07) is 15.0. The molecular weight excluding hydrogens is 424 g/mol. The zero-order valence-electron chi connectivity index (χ0n) is 17.5. The molecule has 164 valence electrons. The van der Waals surface area contributed by atoms with Crippen LogP contribution in [0.4, 0.5) is 5.69 Å². The van der Waals surface area contributed by atoms with E-state index in [0.717, 1.165) is 44.1 Å². The quantitative estimate of drug-likeness (QED) is 0.614. The van der Waals surface area contributed by atoms with Gasteiger partial charge in [-0.3, -0.25) is 4.31 Å². The van der Waals surface area contributed by atoms with E-state index in [1.807, 2.05) is 18.2 Å². The summed E-state index contributed by atoms with van der Waals surface area (Å²) in [7, 11) is -1.75. The molecule has 1 heterocycles. The van der Waals surface area contributed by atoms with Crippen LogP contribution in [0.3, 0.4) is 0 Å². The topological polar surface area (TPSA) is 59.1 Å². The molecule has 0 aliphatic carbocycles. The Bertz CT molecular complexity index is 921. The van der Waals surface area contributed by atoms with Crippen LogP contribution in [-0.2, 0) is 21.2 Å². The number of ether oxygens (including phenoxy) is 2. The minimum atomic E-state index is -3.28. The minimum Gasteiger partial charge on any atom is -0.491 e. The molecule has 1 saturated heterocycles. The fraction of sp³-hybridized carbons (Fsp3) is 0.455. The summed E-state index contributed by atoms with van der Waals surface area (Å²) in [6.45, 7) is 3.94. The van der Waals surface area contributed by atoms with Crippen molar-refractivity contribution in [1.82, 2.24) is 4.90 Å². The molecule has 0 N–H and O–H groups in total. The molecule has 1 aliphatic heterocycles. The van der Waals surface area contributed by atoms with Crippen LogP contribution in [0.1, 0.15) is 12.0 Å². The van der Waals surface area contributed by atoms with Gasteiger partial charge in [-0.15, -0.1) is 0 Å². The van der Waals surface area contributed by atoms with Crippen molar-refractivity contribution in [2.75, 3.05) is 50.5 Å². The average Bonchev–Trinajstić information content (AvgIpc) is 2.95. The lowest BCUT2D eigenvalue weighted by atomic mass is 10.1. The second kappa shape index (κ2) is 10.5. The van der Waals surface area contributed by atoms with Gasteiger partial charge in [0.15, 0.2) is 0 Å². The van der Waals surface area contributed by atoms with Gasteiger partial charge in [-0.2, -0.15) is 0 Å². The van der Waals surface area contributed by atoms with Gasteiger partial charge in [0, 0.05) is 38.3 Å². The summed E-state index contributed by atoms with van der Waals surface area (Å²) in [5, 5.41) is 0.770. The van der Waals surface area contributed by atoms with Crippen LogP contribution in [0, 0.1) is 0 Å². The maximum atomic E-state index is 11.6. The Morgan fingerprint density at radius 3 is 2.70 bits per heavy atom. The maximum Gasteiger partial charge on any atom is 0.231 e. The highest BCUT2D eigenvalue weighted by atomic mass is 35.5. The van der Waals surface area contributed by atoms with Crippen LogP contribution in [0.2, 0.25) is 5.02 Å². The van der Waals surface area contributed by atoms with Crippen molar-refractivity contribution in [3.8, 4) is 5.75 Å². The number of anilines is 1. The van der Waals surface area contributed by atoms with Crippen LogP contribution < -0.4 is 9.04 Å². The van der Waals surface area contributed by atoms with E-state index in [4.69, 9.17) is 21.1 Å². The molecular formula is C22H29ClN2O4S. The maximum absolute atomic E-state index is 11.6. The van der Waals surface area contributed by atoms with Gasteiger partial charge in [-0.05, 0) is 54.8 Å². The zero-order valence-corrected chi connectivity index (χ0v) is 19.0. The highest BCUT2D eigenvalue weighted by Gasteiger charge is 2.19. The van der Waals surface area contributed by atoms with E-state index < -0.39 is 10.0 Å². The third-order valence-corrected chi connectivity index (χ3v) is 6.61. The molecule has 2 aromatic rings. The number of rotatable bonds is 8. The third-order valence-electron chi connectivity index (χ3n) is 5.17. The Labute approximate surface area is 184 Å². The molecule has 1 atom stereocenters. The van der Waals surface area contributed by atoms with Gasteiger partial charge in [-0.1, -0.05) is 23.7 Å². The number of nitrogens with zero attached hydrogens (tertiary/aromatic N) is 2. The smallest absolute Gasteiger partial charge is 0.231 e. The van der Waals surface area contributed by atoms with Crippen molar-refractivity contribution in [3.63, 3.8) is 0 Å². The van der Waals surface area contributed by atoms with Gasteiger partial charge >= 0.3 is 0 Å². The van der Waals surface area contributed by atoms with E-state index in [1.54, 1.807) is 24.3 Å². The van der Waals surface area contributed by atoms with Crippen molar-refractivity contribution in [2.45, 2.75) is 18.9 Å². The summed E-state index contributed by atoms with van der Waals surface area (Å²) < 4.78 is 36.4. The number of hydrogen-bond acceptors (Lipinski definition) is 5. The van der Waals surface area contributed by atoms with Crippen molar-refractivity contribution < 1.29 is 17.9 Å². The summed E-state index contributed by atoms with van der Waals surface area (Å²) >= 11 is 6.08. The van der Waals surface area contributed by atoms with Crippen LogP contribution in [-0.4, -0.2) is 65.6 Å². The van der Waals surface area contributed by atoms with Crippen molar-refractivity contribution in [1.29, 1.82) is 0 Å². The van der Waals surface area contributed by atoms with Crippen molar-refractivity contribution in [2.24, 2.45) is 0 Å². The summed E-state index contributed by atoms with van der Waals surface area (Å²) in [4.78, 5) is 2.41. The number of sulfonamides is 1. The molecule has 0 amide bonds. The Balaban J connectivity index is 1.50. The van der Waals surface area contributed by atoms with Crippen LogP contribution in [0.15, 0.2) is 48.5 Å². The fourth-order valence-electron chi connectivity index (χ4n) is 3.39. The van der Waals surface area contributed by atoms with E-state index in [1.165, 1.54) is 23.2 Å². The van der Waals surface area contributed by atoms with Crippen LogP contribution in [0.25, 0.3) is 0 Å². The van der Waals surface area contributed by atoms with E-state index in [-0.39, 0.29) is 6.10 Å². The van der Waals surface area contributed by atoms with Gasteiger partial charge in [0.1, 0.15) is 18.5 Å². The monoisotopic (exact) mass is 452 g/mol. The van der Waals surface area contributed by atoms with Gasteiger partial charge in [-0.25, -0.2) is 8.42 Å². The van der Waals surface area contributed by atoms with Crippen LogP contribution in [0.5, 0.6) is 5.75 Å². The SMILES string of the molecule is CN(c1ccc(OCC2CN(CCc3cccc(Cl)c3)CCCO2)cc1)S(C)(=O)=O. The minimum absolute atomic E-state index is 0.00905. The second-order valence-corrected chi connectivity index (χ2v) is 10.0. The second-order valence-electron chi connectivity index (χ2n) is 7.56. The predicted molar refractivity (Wildman–Crippen MR) is 121 cm³/mol. The lowest BCUT2D eigenvalue weighted by Crippen LogP contribution is -2.36. The molecule has 0 bridgehead atoms. The van der Waals surface area contributed by atoms with E-state index in [0.29, 0.717) is 18.0 Å². The summed E-state index contributed by atoms with van der Waals surface area (Å²) in [5.74, 6) is 0.693. The van der Waals surface area contributed by atoms with Crippen molar-refractivity contribution in [3.05, 3.63) is 59.1 Å². The first-order valence-electron chi connectivity index (χ1n) is 10.1. The molecule has 1 fully saturated rings. The molecule has 1 aliphatic rings. The van der Waals surface area contributed by atoms with Gasteiger partial charge < -0.3 is 14.4 Å². The van der Waals surface area contributed by atoms with E-state index in [9.17, 15) is 8.42 Å². The van der Waals surface area contributed by atoms with E-state index in [2.05, 4.69) is 11.0 Å². The zero-order chi connectivity index (χ0) is 21.6. The summed E-state index contributed by atoms with van der Waals surface area (Å²) in [6.07, 6.45) is 3.12. The van der Waals surface area contributed by atoms with Gasteiger partial charge in [0.25, 0.3) is 0 Å². The van der Waals surface area contributed by atoms with Gasteiger partial charge in [0.05, 0.1) is 11.9 Å². The lowest BCUT2D eigenvalue weighted by Gasteiger charge is -2.24. The largest absolute Gasteiger partial charge is 0.491 e. The highest BCUT2D eigenvalue weighted by molar-refractivity contribution is 7.92. The number of halogens is 1. The molecule has 30 heavy (non-hydrogen) atoms. The molecule has 0 aromatic heterocycles. The Morgan fingerprint density at radius 1 is 1.23 bits per heavy atom. The summed E-state index contributed by atoms with van der Waals surface area (Å²) in [5.41, 5.74) is 1.84. The molecule has 0 saturated carbocycles. The predicted octanol–water partition coefficient (Wildman–Crippen LogP) is 3.45. The van der Waals surface area contributed by atoms with Crippen molar-refractivity contribution >= 4 is 27.3 Å². The first kappa shape index (κ1) is 22.9. The standard InChI is InChI=1S/C22H29ClN2O4S/c1-24(30(2,26)27)20-7-9-21(10-8-20)29-17-22-16-25(12-4-14-28-22)13-11-18-5-3-6-19(23)15-18/h3,5-10,15,22H,4,11-14,16-17H2,1-2H3. The van der Waals surface area contributed by atoms with Gasteiger partial charge in [0.2, 0.25) is 10.0 Å². The number of benzene rings is 2. The highest BCUT2D eigenvalue weighted by Crippen LogP contribution is 2.21. The molecule has 1 unspecified atom stereocenters. The molecule has 2 aromatic carbocycles. The Morgan fingerprint density at radius 2 is 2.00 bits per heavy atom. The Hall–Kier alpha value is -1.80. The molecule has 8 heteroatoms. The third kappa shape index (κ3) is 6.87. The molecule has 3 rings (SSSR count). The lowest BCUT2D eigenvalue weighted by molar-refractivity contribution is 0.0210. The first-order chi connectivity index (χ1) is 14.3. The number of hydrogen-bond donors (Lipinski definition) is 0. The normalized spacial score (nSPS) is 18.0. The molecule has 0 spiro atoms. The molecule has 0 radical (unpaired) electrons. The first-order valence-corrected chi connectivity index (χ1v) is 12.3.